The number of benzene rings is 2. The average Bonchev–Trinajstić information content (AvgIpc) is 2.29. The predicted molar refractivity (Wildman–Crippen MR) is 62.5 cm³/mol. The van der Waals surface area contributed by atoms with E-state index in [0.717, 1.165) is 5.69 Å². The Morgan fingerprint density at radius 2 is 1.69 bits per heavy atom. The van der Waals surface area contributed by atoms with E-state index in [2.05, 4.69) is 5.32 Å². The van der Waals surface area contributed by atoms with Gasteiger partial charge in [0.05, 0.1) is 0 Å². The van der Waals surface area contributed by atoms with Crippen LogP contribution in [0.25, 0.3) is 0 Å². The van der Waals surface area contributed by atoms with Gasteiger partial charge in [-0.1, -0.05) is 12.1 Å². The van der Waals surface area contributed by atoms with Gasteiger partial charge in [-0.2, -0.15) is 0 Å². The molecule has 2 aromatic carbocycles. The second-order valence-corrected chi connectivity index (χ2v) is 3.34. The third kappa shape index (κ3) is 2.51. The number of rotatable bonds is 3. The first-order valence-electron chi connectivity index (χ1n) is 4.99. The van der Waals surface area contributed by atoms with E-state index in [4.69, 9.17) is 4.74 Å². The molecule has 0 heterocycles. The van der Waals surface area contributed by atoms with Crippen molar-refractivity contribution in [1.29, 1.82) is 0 Å². The first kappa shape index (κ1) is 10.5. The van der Waals surface area contributed by atoms with Crippen LogP contribution in [0.2, 0.25) is 0 Å². The van der Waals surface area contributed by atoms with Crippen molar-refractivity contribution in [2.45, 2.75) is 0 Å². The molecule has 0 unspecified atom stereocenters. The van der Waals surface area contributed by atoms with Gasteiger partial charge in [0.2, 0.25) is 0 Å². The highest BCUT2D eigenvalue weighted by Gasteiger charge is 1.99. The molecule has 1 N–H and O–H groups in total. The van der Waals surface area contributed by atoms with E-state index in [1.807, 2.05) is 31.3 Å². The average molecular weight is 217 g/mol. The predicted octanol–water partition coefficient (Wildman–Crippen LogP) is 3.66. The molecule has 3 heteroatoms. The lowest BCUT2D eigenvalue weighted by molar-refractivity contribution is 0.477. The summed E-state index contributed by atoms with van der Waals surface area (Å²) >= 11 is 0. The summed E-state index contributed by atoms with van der Waals surface area (Å²) < 4.78 is 18.4. The molecule has 2 nitrogen and oxygen atoms in total. The van der Waals surface area contributed by atoms with E-state index in [0.29, 0.717) is 11.5 Å². The molecule has 16 heavy (non-hydrogen) atoms. The van der Waals surface area contributed by atoms with Crippen molar-refractivity contribution in [1.82, 2.24) is 0 Å². The van der Waals surface area contributed by atoms with Gasteiger partial charge in [-0.3, -0.25) is 0 Å². The van der Waals surface area contributed by atoms with Crippen molar-refractivity contribution in [2.75, 3.05) is 12.4 Å². The van der Waals surface area contributed by atoms with Crippen LogP contribution in [0, 0.1) is 5.82 Å². The van der Waals surface area contributed by atoms with Crippen LogP contribution in [0.5, 0.6) is 11.5 Å². The van der Waals surface area contributed by atoms with Crippen LogP contribution in [0.4, 0.5) is 10.1 Å². The van der Waals surface area contributed by atoms with Crippen molar-refractivity contribution in [3.8, 4) is 11.5 Å². The smallest absolute Gasteiger partial charge is 0.130 e. The van der Waals surface area contributed by atoms with E-state index in [1.165, 1.54) is 12.1 Å². The minimum atomic E-state index is -0.303. The molecule has 0 radical (unpaired) electrons. The normalized spacial score (nSPS) is 9.88. The highest BCUT2D eigenvalue weighted by Crippen LogP contribution is 2.24. The molecule has 0 saturated carbocycles. The van der Waals surface area contributed by atoms with Crippen LogP contribution in [0.1, 0.15) is 0 Å². The fourth-order valence-corrected chi connectivity index (χ4v) is 1.38. The van der Waals surface area contributed by atoms with Crippen LogP contribution in [-0.4, -0.2) is 7.05 Å². The zero-order valence-electron chi connectivity index (χ0n) is 8.91. The molecule has 0 bridgehead atoms. The Morgan fingerprint density at radius 1 is 1.00 bits per heavy atom. The fourth-order valence-electron chi connectivity index (χ4n) is 1.38. The van der Waals surface area contributed by atoms with Crippen LogP contribution < -0.4 is 10.1 Å². The second kappa shape index (κ2) is 4.66. The van der Waals surface area contributed by atoms with E-state index in [9.17, 15) is 4.39 Å². The monoisotopic (exact) mass is 217 g/mol. The molecule has 0 atom stereocenters. The Balaban J connectivity index is 2.20. The molecule has 0 aliphatic heterocycles. The first-order chi connectivity index (χ1) is 7.78. The van der Waals surface area contributed by atoms with Gasteiger partial charge in [0.1, 0.15) is 17.3 Å². The summed E-state index contributed by atoms with van der Waals surface area (Å²) in [4.78, 5) is 0. The van der Waals surface area contributed by atoms with E-state index in [1.54, 1.807) is 12.1 Å². The number of hydrogen-bond acceptors (Lipinski definition) is 2. The summed E-state index contributed by atoms with van der Waals surface area (Å²) in [6.07, 6.45) is 0. The van der Waals surface area contributed by atoms with Crippen molar-refractivity contribution in [2.24, 2.45) is 0 Å². The Kier molecular flexibility index (Phi) is 3.05. The zero-order valence-corrected chi connectivity index (χ0v) is 8.91. The maximum absolute atomic E-state index is 12.9. The molecule has 0 fully saturated rings. The third-order valence-electron chi connectivity index (χ3n) is 2.15. The lowest BCUT2D eigenvalue weighted by atomic mass is 10.3. The van der Waals surface area contributed by atoms with Gasteiger partial charge >= 0.3 is 0 Å². The van der Waals surface area contributed by atoms with Crippen LogP contribution in [0.3, 0.4) is 0 Å². The lowest BCUT2D eigenvalue weighted by Gasteiger charge is -2.07. The van der Waals surface area contributed by atoms with Crippen molar-refractivity contribution in [3.63, 3.8) is 0 Å². The Bertz CT molecular complexity index is 485. The molecular formula is C13H12FNO. The fraction of sp³-hybridized carbons (Fsp3) is 0.0769. The van der Waals surface area contributed by atoms with Crippen LogP contribution >= 0.6 is 0 Å². The highest BCUT2D eigenvalue weighted by atomic mass is 19.1. The number of hydrogen-bond donors (Lipinski definition) is 1. The molecule has 0 saturated heterocycles. The zero-order chi connectivity index (χ0) is 11.4. The van der Waals surface area contributed by atoms with Crippen molar-refractivity contribution in [3.05, 3.63) is 54.3 Å². The molecule has 0 aliphatic rings. The Morgan fingerprint density at radius 3 is 2.38 bits per heavy atom. The Labute approximate surface area is 93.7 Å². The standard InChI is InChI=1S/C13H12FNO/c1-15-11-5-3-7-13(9-11)16-12-6-2-4-10(14)8-12/h2-9,15H,1H3. The largest absolute Gasteiger partial charge is 0.457 e. The summed E-state index contributed by atoms with van der Waals surface area (Å²) in [6, 6.07) is 13.6. The van der Waals surface area contributed by atoms with E-state index >= 15 is 0 Å². The summed E-state index contributed by atoms with van der Waals surface area (Å²) in [6.45, 7) is 0. The van der Waals surface area contributed by atoms with E-state index < -0.39 is 0 Å². The van der Waals surface area contributed by atoms with Gasteiger partial charge in [-0.05, 0) is 24.3 Å². The quantitative estimate of drug-likeness (QED) is 0.847. The molecule has 2 aromatic rings. The second-order valence-electron chi connectivity index (χ2n) is 3.34. The lowest BCUT2D eigenvalue weighted by Crippen LogP contribution is -1.89. The van der Waals surface area contributed by atoms with E-state index in [-0.39, 0.29) is 5.82 Å². The van der Waals surface area contributed by atoms with Gasteiger partial charge in [-0.15, -0.1) is 0 Å². The molecule has 0 amide bonds. The number of ether oxygens (including phenoxy) is 1. The number of anilines is 1. The topological polar surface area (TPSA) is 21.3 Å². The summed E-state index contributed by atoms with van der Waals surface area (Å²) in [5.41, 5.74) is 0.953. The number of halogens is 1. The van der Waals surface area contributed by atoms with Gasteiger partial charge in [-0.25, -0.2) is 4.39 Å². The van der Waals surface area contributed by atoms with Crippen LogP contribution in [-0.2, 0) is 0 Å². The van der Waals surface area contributed by atoms with Crippen LogP contribution in [0.15, 0.2) is 48.5 Å². The van der Waals surface area contributed by atoms with Gasteiger partial charge < -0.3 is 10.1 Å². The summed E-state index contributed by atoms with van der Waals surface area (Å²) in [7, 11) is 1.83. The van der Waals surface area contributed by atoms with Crippen molar-refractivity contribution < 1.29 is 9.13 Å². The minimum Gasteiger partial charge on any atom is -0.457 e. The first-order valence-corrected chi connectivity index (χ1v) is 4.99. The maximum atomic E-state index is 12.9. The molecular weight excluding hydrogens is 205 g/mol. The molecule has 0 aromatic heterocycles. The van der Waals surface area contributed by atoms with Gasteiger partial charge in [0.25, 0.3) is 0 Å². The SMILES string of the molecule is CNc1cccc(Oc2cccc(F)c2)c1. The highest BCUT2D eigenvalue weighted by molar-refractivity contribution is 5.48. The Hall–Kier alpha value is -2.03. The summed E-state index contributed by atoms with van der Waals surface area (Å²) in [5.74, 6) is 0.868. The maximum Gasteiger partial charge on any atom is 0.130 e. The molecule has 0 spiro atoms. The molecule has 82 valence electrons. The molecule has 2 rings (SSSR count). The van der Waals surface area contributed by atoms with Gasteiger partial charge in [0, 0.05) is 24.9 Å². The number of nitrogens with one attached hydrogen (secondary N) is 1. The third-order valence-corrected chi connectivity index (χ3v) is 2.15. The van der Waals surface area contributed by atoms with Gasteiger partial charge in [0.15, 0.2) is 0 Å². The van der Waals surface area contributed by atoms with Crippen molar-refractivity contribution >= 4 is 5.69 Å². The molecule has 0 aliphatic carbocycles. The minimum absolute atomic E-state index is 0.303. The summed E-state index contributed by atoms with van der Waals surface area (Å²) in [5, 5.41) is 3.01.